The van der Waals surface area contributed by atoms with Gasteiger partial charge >= 0.3 is 0 Å². The maximum Gasteiger partial charge on any atom is 0.165 e. The van der Waals surface area contributed by atoms with E-state index >= 15 is 0 Å². The Balaban J connectivity index is 1.18. The second kappa shape index (κ2) is 11.6. The van der Waals surface area contributed by atoms with E-state index in [2.05, 4.69) is 119 Å². The van der Waals surface area contributed by atoms with Crippen molar-refractivity contribution in [3.05, 3.63) is 175 Å². The van der Waals surface area contributed by atoms with Crippen LogP contribution in [-0.2, 0) is 0 Å². The van der Waals surface area contributed by atoms with Crippen molar-refractivity contribution in [3.63, 3.8) is 0 Å². The Morgan fingerprint density at radius 3 is 1.74 bits per heavy atom. The smallest absolute Gasteiger partial charge is 0.165 e. The Hall–Kier alpha value is -7.83. The fourth-order valence-electron chi connectivity index (χ4n) is 9.61. The van der Waals surface area contributed by atoms with Crippen molar-refractivity contribution < 1.29 is 4.42 Å². The van der Waals surface area contributed by atoms with Crippen LogP contribution < -0.4 is 0 Å². The van der Waals surface area contributed by atoms with Crippen molar-refractivity contribution >= 4 is 81.8 Å². The van der Waals surface area contributed by atoms with Crippen LogP contribution in [0.15, 0.2) is 174 Å². The van der Waals surface area contributed by atoms with Gasteiger partial charge in [0.15, 0.2) is 23.1 Å². The maximum absolute atomic E-state index is 7.04. The van der Waals surface area contributed by atoms with Crippen LogP contribution >= 0.6 is 0 Å². The second-order valence-corrected chi connectivity index (χ2v) is 15.2. The third-order valence-electron chi connectivity index (χ3n) is 12.0. The zero-order valence-electron chi connectivity index (χ0n) is 31.3. The molecule has 13 aromatic rings. The predicted octanol–water partition coefficient (Wildman–Crippen LogP) is 13.3. The van der Waals surface area contributed by atoms with E-state index in [-0.39, 0.29) is 0 Å². The summed E-state index contributed by atoms with van der Waals surface area (Å²) in [6.07, 6.45) is 0. The monoisotopic (exact) mass is 741 g/mol. The molecule has 6 nitrogen and oxygen atoms in total. The minimum atomic E-state index is 0.606. The van der Waals surface area contributed by atoms with E-state index in [1.54, 1.807) is 0 Å². The third kappa shape index (κ3) is 4.18. The Labute approximate surface area is 331 Å². The average Bonchev–Trinajstić information content (AvgIpc) is 4.03. The van der Waals surface area contributed by atoms with Crippen LogP contribution in [0.25, 0.3) is 122 Å². The van der Waals surface area contributed by atoms with Crippen molar-refractivity contribution in [1.29, 1.82) is 0 Å². The summed E-state index contributed by atoms with van der Waals surface area (Å²) < 4.78 is 11.9. The number of furan rings is 1. The van der Waals surface area contributed by atoms with E-state index in [0.717, 1.165) is 60.9 Å². The van der Waals surface area contributed by atoms with Crippen LogP contribution in [0.3, 0.4) is 0 Å². The number of rotatable bonds is 4. The lowest BCUT2D eigenvalue weighted by atomic mass is 9.98. The molecule has 0 N–H and O–H groups in total. The van der Waals surface area contributed by atoms with Crippen LogP contribution in [-0.4, -0.2) is 23.9 Å². The zero-order valence-corrected chi connectivity index (χ0v) is 31.3. The highest BCUT2D eigenvalue weighted by atomic mass is 16.3. The highest BCUT2D eigenvalue weighted by Gasteiger charge is 2.27. The number of nitrogens with zero attached hydrogens (tertiary/aromatic N) is 5. The van der Waals surface area contributed by atoms with Crippen LogP contribution in [0.1, 0.15) is 5.56 Å². The largest absolute Gasteiger partial charge is 0.454 e. The summed E-state index contributed by atoms with van der Waals surface area (Å²) in [6.45, 7) is 2.17. The molecule has 6 heteroatoms. The number of para-hydroxylation sites is 4. The number of fused-ring (bicyclic) bond motifs is 13. The van der Waals surface area contributed by atoms with E-state index < -0.39 is 0 Å². The molecule has 0 aliphatic rings. The average molecular weight is 742 g/mol. The zero-order chi connectivity index (χ0) is 38.1. The van der Waals surface area contributed by atoms with Gasteiger partial charge in [0.25, 0.3) is 0 Å². The molecular weight excluding hydrogens is 711 g/mol. The van der Waals surface area contributed by atoms with Gasteiger partial charge in [0, 0.05) is 59.8 Å². The first kappa shape index (κ1) is 31.4. The molecule has 5 aromatic heterocycles. The predicted molar refractivity (Wildman–Crippen MR) is 237 cm³/mol. The lowest BCUT2D eigenvalue weighted by molar-refractivity contribution is 0.666. The van der Waals surface area contributed by atoms with Gasteiger partial charge in [-0.05, 0) is 42.8 Å². The first-order chi connectivity index (χ1) is 28.7. The topological polar surface area (TPSA) is 61.2 Å². The molecule has 0 saturated carbocycles. The van der Waals surface area contributed by atoms with Crippen LogP contribution in [0, 0.1) is 6.92 Å². The van der Waals surface area contributed by atoms with Crippen molar-refractivity contribution in [2.45, 2.75) is 6.92 Å². The highest BCUT2D eigenvalue weighted by Crippen LogP contribution is 2.47. The second-order valence-electron chi connectivity index (χ2n) is 15.2. The van der Waals surface area contributed by atoms with Gasteiger partial charge in [-0.1, -0.05) is 140 Å². The molecule has 13 rings (SSSR count). The van der Waals surface area contributed by atoms with Crippen molar-refractivity contribution in [1.82, 2.24) is 23.9 Å². The van der Waals surface area contributed by atoms with E-state index in [9.17, 15) is 0 Å². The minimum absolute atomic E-state index is 0.606. The van der Waals surface area contributed by atoms with Crippen LogP contribution in [0.5, 0.6) is 0 Å². The van der Waals surface area contributed by atoms with Gasteiger partial charge in [0.1, 0.15) is 5.58 Å². The van der Waals surface area contributed by atoms with Crippen LogP contribution in [0.4, 0.5) is 0 Å². The van der Waals surface area contributed by atoms with Gasteiger partial charge in [-0.15, -0.1) is 0 Å². The Morgan fingerprint density at radius 1 is 0.431 bits per heavy atom. The normalized spacial score (nSPS) is 12.2. The van der Waals surface area contributed by atoms with E-state index in [4.69, 9.17) is 19.4 Å². The van der Waals surface area contributed by atoms with Crippen molar-refractivity contribution in [3.8, 4) is 39.9 Å². The van der Waals surface area contributed by atoms with Gasteiger partial charge in [-0.25, -0.2) is 15.0 Å². The molecule has 0 aliphatic heterocycles. The molecule has 0 saturated heterocycles. The highest BCUT2D eigenvalue weighted by molar-refractivity contribution is 6.31. The molecule has 58 heavy (non-hydrogen) atoms. The van der Waals surface area contributed by atoms with Gasteiger partial charge in [-0.3, -0.25) is 0 Å². The quantitative estimate of drug-likeness (QED) is 0.180. The Morgan fingerprint density at radius 2 is 1.00 bits per heavy atom. The summed E-state index contributed by atoms with van der Waals surface area (Å²) in [5.74, 6) is 1.85. The minimum Gasteiger partial charge on any atom is -0.454 e. The summed E-state index contributed by atoms with van der Waals surface area (Å²) in [7, 11) is 0. The molecule has 8 aromatic carbocycles. The fourth-order valence-corrected chi connectivity index (χ4v) is 9.61. The molecule has 5 heterocycles. The van der Waals surface area contributed by atoms with Crippen molar-refractivity contribution in [2.75, 3.05) is 0 Å². The summed E-state index contributed by atoms with van der Waals surface area (Å²) >= 11 is 0. The fraction of sp³-hybridized carbons (Fsp3) is 0.0192. The van der Waals surface area contributed by atoms with E-state index in [1.165, 1.54) is 48.9 Å². The molecule has 0 amide bonds. The number of aromatic nitrogens is 5. The first-order valence-corrected chi connectivity index (χ1v) is 19.6. The van der Waals surface area contributed by atoms with E-state index in [0.29, 0.717) is 17.5 Å². The van der Waals surface area contributed by atoms with Gasteiger partial charge in [0.05, 0.1) is 33.3 Å². The number of hydrogen-bond donors (Lipinski definition) is 0. The number of benzene rings is 8. The molecule has 270 valence electrons. The SMILES string of the molecule is Cc1cc(-n2c3ccccc3c3ccc4c(c5cccc6c7ccccc7n4c65)c32)c2oc3ccccc3c2c1-c1nc(-c2ccccc2)nc(-c2ccccc2)n1. The lowest BCUT2D eigenvalue weighted by Crippen LogP contribution is -2.03. The summed E-state index contributed by atoms with van der Waals surface area (Å²) in [4.78, 5) is 15.5. The van der Waals surface area contributed by atoms with Gasteiger partial charge in [0.2, 0.25) is 0 Å². The Kier molecular flexibility index (Phi) is 6.28. The molecule has 0 unspecified atom stereocenters. The molecular formula is C52H31N5O. The number of aryl methyl sites for hydroxylation is 1. The third-order valence-corrected chi connectivity index (χ3v) is 12.0. The summed E-state index contributed by atoms with van der Waals surface area (Å²) in [6, 6.07) is 59.7. The maximum atomic E-state index is 7.04. The lowest BCUT2D eigenvalue weighted by Gasteiger charge is -2.15. The van der Waals surface area contributed by atoms with Gasteiger partial charge in [-0.2, -0.15) is 0 Å². The molecule has 0 fully saturated rings. The number of hydrogen-bond acceptors (Lipinski definition) is 4. The molecule has 0 aliphatic carbocycles. The standard InChI is InChI=1S/C52H31N5O/c1-30-29-42(57-40-25-12-9-20-34(40)36-27-28-41-45(48(36)57)38-23-14-22-35-33-19-8-11-24-39(33)56(41)47(35)38)49-46(37-21-10-13-26-43(37)58-49)44(30)52-54-50(31-15-4-2-5-16-31)53-51(55-52)32-17-6-3-7-18-32/h2-29H,1H3. The Bertz CT molecular complexity index is 3740. The van der Waals surface area contributed by atoms with Crippen LogP contribution in [0.2, 0.25) is 0 Å². The van der Waals surface area contributed by atoms with Gasteiger partial charge < -0.3 is 13.4 Å². The first-order valence-electron chi connectivity index (χ1n) is 19.6. The summed E-state index contributed by atoms with van der Waals surface area (Å²) in [5.41, 5.74) is 12.3. The van der Waals surface area contributed by atoms with Crippen molar-refractivity contribution in [2.24, 2.45) is 0 Å². The molecule has 0 bridgehead atoms. The molecule has 0 atom stereocenters. The molecule has 0 spiro atoms. The summed E-state index contributed by atoms with van der Waals surface area (Å²) in [5, 5.41) is 9.38. The van der Waals surface area contributed by atoms with E-state index in [1.807, 2.05) is 66.7 Å². The molecule has 0 radical (unpaired) electrons.